The Hall–Kier alpha value is -2.93. The highest BCUT2D eigenvalue weighted by Gasteiger charge is 2.15. The molecule has 146 valence electrons. The van der Waals surface area contributed by atoms with E-state index >= 15 is 0 Å². The van der Waals surface area contributed by atoms with Gasteiger partial charge in [0.15, 0.2) is 5.76 Å². The minimum atomic E-state index is -0.716. The first-order valence-corrected chi connectivity index (χ1v) is 8.95. The number of rotatable bonds is 8. The molecule has 1 heterocycles. The Morgan fingerprint density at radius 2 is 1.89 bits per heavy atom. The van der Waals surface area contributed by atoms with E-state index in [9.17, 15) is 8.78 Å². The quantitative estimate of drug-likeness (QED) is 0.389. The molecule has 5 nitrogen and oxygen atoms in total. The molecule has 0 aliphatic rings. The van der Waals surface area contributed by atoms with Gasteiger partial charge in [-0.15, -0.1) is 0 Å². The average molecular weight is 406 g/mol. The third-order valence-corrected chi connectivity index (χ3v) is 4.14. The first-order valence-electron chi connectivity index (χ1n) is 8.57. The van der Waals surface area contributed by atoms with Gasteiger partial charge in [0.2, 0.25) is 0 Å². The number of halogens is 3. The fraction of sp³-hybridized carbons (Fsp3) is 0.200. The summed E-state index contributed by atoms with van der Waals surface area (Å²) in [5.41, 5.74) is 0.676. The molecule has 0 saturated heterocycles. The lowest BCUT2D eigenvalue weighted by Gasteiger charge is -2.15. The molecule has 0 fully saturated rings. The van der Waals surface area contributed by atoms with Gasteiger partial charge in [-0.1, -0.05) is 11.6 Å². The van der Waals surface area contributed by atoms with Crippen molar-refractivity contribution in [1.82, 2.24) is 14.8 Å². The van der Waals surface area contributed by atoms with Crippen molar-refractivity contribution >= 4 is 23.1 Å². The Kier molecular flexibility index (Phi) is 6.60. The van der Waals surface area contributed by atoms with Crippen LogP contribution in [-0.2, 0) is 4.74 Å². The van der Waals surface area contributed by atoms with E-state index in [4.69, 9.17) is 21.1 Å². The van der Waals surface area contributed by atoms with Gasteiger partial charge in [0.05, 0.1) is 24.5 Å². The first-order chi connectivity index (χ1) is 13.5. The van der Waals surface area contributed by atoms with Crippen LogP contribution >= 0.6 is 11.6 Å². The smallest absolute Gasteiger partial charge is 0.150 e. The molecule has 0 amide bonds. The standard InChI is InChI=1S/C20H18ClF2N3O2/c1-14(26-13-24-12-25-26)20(18-8-5-16(22)11-19(18)23)28-10-2-9-27-17-6-3-15(21)4-7-17/h3-8,11-13H,2,9-10H2,1H3/b20-14-. The largest absolute Gasteiger partial charge is 0.493 e. The van der Waals surface area contributed by atoms with Gasteiger partial charge in [-0.3, -0.25) is 0 Å². The summed E-state index contributed by atoms with van der Waals surface area (Å²) >= 11 is 5.84. The highest BCUT2D eigenvalue weighted by Crippen LogP contribution is 2.26. The van der Waals surface area contributed by atoms with E-state index in [1.54, 1.807) is 31.2 Å². The van der Waals surface area contributed by atoms with Crippen LogP contribution < -0.4 is 4.74 Å². The van der Waals surface area contributed by atoms with Gasteiger partial charge in [0.25, 0.3) is 0 Å². The third kappa shape index (κ3) is 5.07. The lowest BCUT2D eigenvalue weighted by Crippen LogP contribution is -2.07. The van der Waals surface area contributed by atoms with Crippen molar-refractivity contribution in [3.63, 3.8) is 0 Å². The Labute approximate surface area is 166 Å². The van der Waals surface area contributed by atoms with E-state index in [1.165, 1.54) is 29.5 Å². The monoisotopic (exact) mass is 405 g/mol. The highest BCUT2D eigenvalue weighted by atomic mass is 35.5. The van der Waals surface area contributed by atoms with Crippen LogP contribution in [0.15, 0.2) is 55.1 Å². The van der Waals surface area contributed by atoms with E-state index in [0.717, 1.165) is 6.07 Å². The van der Waals surface area contributed by atoms with Gasteiger partial charge < -0.3 is 9.47 Å². The van der Waals surface area contributed by atoms with Crippen LogP contribution in [-0.4, -0.2) is 28.0 Å². The zero-order chi connectivity index (χ0) is 19.9. The van der Waals surface area contributed by atoms with Gasteiger partial charge in [0.1, 0.15) is 30.0 Å². The van der Waals surface area contributed by atoms with E-state index in [2.05, 4.69) is 10.1 Å². The van der Waals surface area contributed by atoms with Crippen LogP contribution in [0.25, 0.3) is 11.5 Å². The van der Waals surface area contributed by atoms with Gasteiger partial charge in [0, 0.05) is 17.5 Å². The maximum absolute atomic E-state index is 14.3. The molecule has 0 atom stereocenters. The summed E-state index contributed by atoms with van der Waals surface area (Å²) in [6, 6.07) is 10.4. The minimum Gasteiger partial charge on any atom is -0.493 e. The van der Waals surface area contributed by atoms with Crippen LogP contribution in [0.5, 0.6) is 5.75 Å². The highest BCUT2D eigenvalue weighted by molar-refractivity contribution is 6.30. The molecule has 0 N–H and O–H groups in total. The summed E-state index contributed by atoms with van der Waals surface area (Å²) < 4.78 is 40.5. The van der Waals surface area contributed by atoms with Crippen LogP contribution in [0.1, 0.15) is 18.9 Å². The molecule has 1 aromatic heterocycles. The van der Waals surface area contributed by atoms with Crippen molar-refractivity contribution in [3.05, 3.63) is 77.3 Å². The molecule has 0 radical (unpaired) electrons. The van der Waals surface area contributed by atoms with E-state index in [-0.39, 0.29) is 17.9 Å². The zero-order valence-electron chi connectivity index (χ0n) is 15.1. The molecule has 0 aliphatic heterocycles. The molecular weight excluding hydrogens is 388 g/mol. The second kappa shape index (κ2) is 9.32. The maximum atomic E-state index is 14.3. The number of allylic oxidation sites excluding steroid dienone is 1. The van der Waals surface area contributed by atoms with Crippen molar-refractivity contribution in [2.75, 3.05) is 13.2 Å². The lowest BCUT2D eigenvalue weighted by molar-refractivity contribution is 0.225. The molecule has 0 aliphatic carbocycles. The van der Waals surface area contributed by atoms with Crippen LogP contribution in [0, 0.1) is 11.6 Å². The van der Waals surface area contributed by atoms with Crippen molar-refractivity contribution in [2.24, 2.45) is 0 Å². The van der Waals surface area contributed by atoms with Gasteiger partial charge in [-0.05, 0) is 43.3 Å². The molecule has 0 unspecified atom stereocenters. The lowest BCUT2D eigenvalue weighted by atomic mass is 10.1. The summed E-state index contributed by atoms with van der Waals surface area (Å²) in [5.74, 6) is -0.416. The van der Waals surface area contributed by atoms with Crippen LogP contribution in [0.2, 0.25) is 5.02 Å². The number of aromatic nitrogens is 3. The normalized spacial score (nSPS) is 11.9. The van der Waals surface area contributed by atoms with Crippen molar-refractivity contribution < 1.29 is 18.3 Å². The summed E-state index contributed by atoms with van der Waals surface area (Å²) in [7, 11) is 0. The number of nitrogens with zero attached hydrogens (tertiary/aromatic N) is 3. The number of ether oxygens (including phenoxy) is 2. The molecule has 3 rings (SSSR count). The number of hydrogen-bond acceptors (Lipinski definition) is 4. The number of benzene rings is 2. The summed E-state index contributed by atoms with van der Waals surface area (Å²) in [6.07, 6.45) is 3.39. The Bertz CT molecular complexity index is 945. The maximum Gasteiger partial charge on any atom is 0.150 e. The Morgan fingerprint density at radius 3 is 2.57 bits per heavy atom. The van der Waals surface area contributed by atoms with E-state index < -0.39 is 11.6 Å². The van der Waals surface area contributed by atoms with E-state index in [0.29, 0.717) is 29.5 Å². The van der Waals surface area contributed by atoms with Crippen LogP contribution in [0.3, 0.4) is 0 Å². The fourth-order valence-electron chi connectivity index (χ4n) is 2.49. The molecule has 3 aromatic rings. The molecule has 8 heteroatoms. The number of hydrogen-bond donors (Lipinski definition) is 0. The SMILES string of the molecule is C/C(=C(/OCCCOc1ccc(Cl)cc1)c1ccc(F)cc1F)n1cncn1. The first kappa shape index (κ1) is 19.8. The average Bonchev–Trinajstić information content (AvgIpc) is 3.21. The molecule has 0 bridgehead atoms. The van der Waals surface area contributed by atoms with Crippen molar-refractivity contribution in [1.29, 1.82) is 0 Å². The third-order valence-electron chi connectivity index (χ3n) is 3.88. The van der Waals surface area contributed by atoms with Gasteiger partial charge in [-0.2, -0.15) is 5.10 Å². The second-order valence-electron chi connectivity index (χ2n) is 5.88. The Morgan fingerprint density at radius 1 is 1.11 bits per heavy atom. The molecular formula is C20H18ClF2N3O2. The minimum absolute atomic E-state index is 0.146. The summed E-state index contributed by atoms with van der Waals surface area (Å²) in [5, 5.41) is 4.67. The fourth-order valence-corrected chi connectivity index (χ4v) is 2.62. The van der Waals surface area contributed by atoms with Gasteiger partial charge in [-0.25, -0.2) is 18.4 Å². The molecule has 2 aromatic carbocycles. The van der Waals surface area contributed by atoms with E-state index in [1.807, 2.05) is 0 Å². The zero-order valence-corrected chi connectivity index (χ0v) is 15.9. The molecule has 0 saturated carbocycles. The van der Waals surface area contributed by atoms with Gasteiger partial charge >= 0.3 is 0 Å². The topological polar surface area (TPSA) is 49.2 Å². The predicted octanol–water partition coefficient (Wildman–Crippen LogP) is 5.04. The van der Waals surface area contributed by atoms with Crippen LogP contribution in [0.4, 0.5) is 8.78 Å². The van der Waals surface area contributed by atoms with Crippen molar-refractivity contribution in [3.8, 4) is 5.75 Å². The Balaban J connectivity index is 1.68. The van der Waals surface area contributed by atoms with Crippen molar-refractivity contribution in [2.45, 2.75) is 13.3 Å². The summed E-state index contributed by atoms with van der Waals surface area (Å²) in [4.78, 5) is 3.88. The second-order valence-corrected chi connectivity index (χ2v) is 6.32. The molecule has 0 spiro atoms. The summed E-state index contributed by atoms with van der Waals surface area (Å²) in [6.45, 7) is 2.39. The predicted molar refractivity (Wildman–Crippen MR) is 103 cm³/mol. The molecule has 28 heavy (non-hydrogen) atoms.